The molecule has 0 spiro atoms. The number of carbonyl (C=O) groups excluding carboxylic acids is 2. The summed E-state index contributed by atoms with van der Waals surface area (Å²) in [6, 6.07) is 11.2. The molecular formula is C19H18F3NO4. The van der Waals surface area contributed by atoms with Crippen molar-refractivity contribution in [2.24, 2.45) is 0 Å². The van der Waals surface area contributed by atoms with E-state index >= 15 is 0 Å². The highest BCUT2D eigenvalue weighted by molar-refractivity contribution is 5.83. The molecule has 1 N–H and O–H groups in total. The molecule has 2 aromatic carbocycles. The van der Waals surface area contributed by atoms with Crippen LogP contribution in [-0.4, -0.2) is 24.6 Å². The lowest BCUT2D eigenvalue weighted by molar-refractivity contribution is -0.154. The maximum absolute atomic E-state index is 12.8. The minimum atomic E-state index is -2.92. The van der Waals surface area contributed by atoms with Gasteiger partial charge in [-0.2, -0.15) is 8.78 Å². The first-order valence-corrected chi connectivity index (χ1v) is 8.09. The summed E-state index contributed by atoms with van der Waals surface area (Å²) < 4.78 is 46.3. The fourth-order valence-corrected chi connectivity index (χ4v) is 2.18. The first-order chi connectivity index (χ1) is 12.8. The molecule has 0 bridgehead atoms. The van der Waals surface area contributed by atoms with Gasteiger partial charge < -0.3 is 14.8 Å². The Morgan fingerprint density at radius 2 is 1.59 bits per heavy atom. The number of alkyl halides is 2. The van der Waals surface area contributed by atoms with Crippen molar-refractivity contribution in [2.75, 3.05) is 0 Å². The predicted octanol–water partition coefficient (Wildman–Crippen LogP) is 3.22. The van der Waals surface area contributed by atoms with Crippen molar-refractivity contribution in [3.05, 3.63) is 65.5 Å². The van der Waals surface area contributed by atoms with Gasteiger partial charge in [-0.05, 0) is 42.3 Å². The zero-order valence-electron chi connectivity index (χ0n) is 14.5. The van der Waals surface area contributed by atoms with Gasteiger partial charge in [0.2, 0.25) is 0 Å². The molecule has 1 atom stereocenters. The molecule has 0 saturated carbocycles. The summed E-state index contributed by atoms with van der Waals surface area (Å²) in [5, 5.41) is 2.59. The molecule has 0 radical (unpaired) electrons. The summed E-state index contributed by atoms with van der Waals surface area (Å²) >= 11 is 0. The second-order valence-electron chi connectivity index (χ2n) is 5.68. The standard InChI is InChI=1S/C19H18F3NO4/c1-12(18(25)23-11-14-2-6-15(20)7-3-14)26-17(24)10-13-4-8-16(9-5-13)27-19(21)22/h2-9,12,19H,10-11H2,1H3,(H,23,25). The lowest BCUT2D eigenvalue weighted by Crippen LogP contribution is -2.35. The fraction of sp³-hybridized carbons (Fsp3) is 0.263. The van der Waals surface area contributed by atoms with E-state index in [1.165, 1.54) is 55.5 Å². The highest BCUT2D eigenvalue weighted by Gasteiger charge is 2.18. The van der Waals surface area contributed by atoms with Gasteiger partial charge in [0, 0.05) is 6.54 Å². The predicted molar refractivity (Wildman–Crippen MR) is 90.6 cm³/mol. The van der Waals surface area contributed by atoms with Crippen molar-refractivity contribution in [1.82, 2.24) is 5.32 Å². The molecule has 0 aliphatic rings. The quantitative estimate of drug-likeness (QED) is 0.713. The Morgan fingerprint density at radius 3 is 2.19 bits per heavy atom. The molecule has 27 heavy (non-hydrogen) atoms. The Morgan fingerprint density at radius 1 is 1.00 bits per heavy atom. The third-order valence-electron chi connectivity index (χ3n) is 3.55. The molecule has 8 heteroatoms. The van der Waals surface area contributed by atoms with E-state index in [1.807, 2.05) is 0 Å². The number of hydrogen-bond acceptors (Lipinski definition) is 4. The highest BCUT2D eigenvalue weighted by atomic mass is 19.3. The molecule has 0 heterocycles. The molecule has 2 aromatic rings. The Balaban J connectivity index is 1.78. The van der Waals surface area contributed by atoms with Crippen molar-refractivity contribution in [3.8, 4) is 5.75 Å². The number of rotatable bonds is 8. The van der Waals surface area contributed by atoms with Crippen LogP contribution in [0.2, 0.25) is 0 Å². The van der Waals surface area contributed by atoms with Crippen molar-refractivity contribution in [1.29, 1.82) is 0 Å². The molecule has 144 valence electrons. The molecular weight excluding hydrogens is 363 g/mol. The maximum Gasteiger partial charge on any atom is 0.387 e. The molecule has 0 aliphatic heterocycles. The van der Waals surface area contributed by atoms with Gasteiger partial charge in [-0.15, -0.1) is 0 Å². The zero-order chi connectivity index (χ0) is 19.8. The van der Waals surface area contributed by atoms with Gasteiger partial charge in [-0.1, -0.05) is 24.3 Å². The van der Waals surface area contributed by atoms with Crippen LogP contribution in [0.1, 0.15) is 18.1 Å². The lowest BCUT2D eigenvalue weighted by atomic mass is 10.1. The van der Waals surface area contributed by atoms with Crippen LogP contribution in [0.15, 0.2) is 48.5 Å². The maximum atomic E-state index is 12.8. The summed E-state index contributed by atoms with van der Waals surface area (Å²) in [6.45, 7) is -1.32. The largest absolute Gasteiger partial charge is 0.452 e. The van der Waals surface area contributed by atoms with Gasteiger partial charge in [-0.3, -0.25) is 9.59 Å². The van der Waals surface area contributed by atoms with E-state index in [1.54, 1.807) is 0 Å². The molecule has 0 saturated heterocycles. The van der Waals surface area contributed by atoms with Crippen molar-refractivity contribution in [2.45, 2.75) is 32.6 Å². The third kappa shape index (κ3) is 7.01. The number of halogens is 3. The summed E-state index contributed by atoms with van der Waals surface area (Å²) in [5.74, 6) is -1.52. The van der Waals surface area contributed by atoms with Gasteiger partial charge in [0.1, 0.15) is 11.6 Å². The second-order valence-corrected chi connectivity index (χ2v) is 5.68. The number of esters is 1. The van der Waals surface area contributed by atoms with Crippen LogP contribution < -0.4 is 10.1 Å². The number of amides is 1. The third-order valence-corrected chi connectivity index (χ3v) is 3.55. The van der Waals surface area contributed by atoms with E-state index in [4.69, 9.17) is 4.74 Å². The monoisotopic (exact) mass is 381 g/mol. The SMILES string of the molecule is CC(OC(=O)Cc1ccc(OC(F)F)cc1)C(=O)NCc1ccc(F)cc1. The van der Waals surface area contributed by atoms with Crippen LogP contribution in [0, 0.1) is 5.82 Å². The lowest BCUT2D eigenvalue weighted by Gasteiger charge is -2.14. The van der Waals surface area contributed by atoms with Crippen LogP contribution >= 0.6 is 0 Å². The normalized spacial score (nSPS) is 11.7. The van der Waals surface area contributed by atoms with Crippen LogP contribution in [0.5, 0.6) is 5.75 Å². The zero-order valence-corrected chi connectivity index (χ0v) is 14.5. The van der Waals surface area contributed by atoms with Crippen molar-refractivity contribution in [3.63, 3.8) is 0 Å². The highest BCUT2D eigenvalue weighted by Crippen LogP contribution is 2.15. The van der Waals surface area contributed by atoms with Gasteiger partial charge >= 0.3 is 12.6 Å². The van der Waals surface area contributed by atoms with Gasteiger partial charge in [-0.25, -0.2) is 4.39 Å². The average Bonchev–Trinajstić information content (AvgIpc) is 2.62. The number of hydrogen-bond donors (Lipinski definition) is 1. The Labute approximate surface area is 154 Å². The first kappa shape index (κ1) is 20.3. The number of nitrogens with one attached hydrogen (secondary N) is 1. The second kappa shape index (κ2) is 9.61. The van der Waals surface area contributed by atoms with E-state index in [9.17, 15) is 22.8 Å². The smallest absolute Gasteiger partial charge is 0.387 e. The Hall–Kier alpha value is -3.03. The van der Waals surface area contributed by atoms with E-state index in [2.05, 4.69) is 10.1 Å². The van der Waals surface area contributed by atoms with E-state index in [-0.39, 0.29) is 24.5 Å². The fourth-order valence-electron chi connectivity index (χ4n) is 2.18. The van der Waals surface area contributed by atoms with Crippen LogP contribution in [-0.2, 0) is 27.3 Å². The topological polar surface area (TPSA) is 64.6 Å². The Bertz CT molecular complexity index is 764. The number of carbonyl (C=O) groups is 2. The number of benzene rings is 2. The van der Waals surface area contributed by atoms with Gasteiger partial charge in [0.25, 0.3) is 5.91 Å². The van der Waals surface area contributed by atoms with E-state index < -0.39 is 24.6 Å². The summed E-state index contributed by atoms with van der Waals surface area (Å²) in [5.41, 5.74) is 1.23. The summed E-state index contributed by atoms with van der Waals surface area (Å²) in [4.78, 5) is 23.9. The minimum absolute atomic E-state index is 0.0179. The molecule has 0 fully saturated rings. The van der Waals surface area contributed by atoms with Crippen LogP contribution in [0.25, 0.3) is 0 Å². The van der Waals surface area contributed by atoms with E-state index in [0.717, 1.165) is 0 Å². The molecule has 1 amide bonds. The molecule has 2 rings (SSSR count). The van der Waals surface area contributed by atoms with Gasteiger partial charge in [0.05, 0.1) is 6.42 Å². The summed E-state index contributed by atoms with van der Waals surface area (Å²) in [6.07, 6.45) is -1.13. The van der Waals surface area contributed by atoms with Crippen molar-refractivity contribution < 1.29 is 32.2 Å². The molecule has 0 aromatic heterocycles. The van der Waals surface area contributed by atoms with Crippen molar-refractivity contribution >= 4 is 11.9 Å². The molecule has 5 nitrogen and oxygen atoms in total. The van der Waals surface area contributed by atoms with E-state index in [0.29, 0.717) is 11.1 Å². The average molecular weight is 381 g/mol. The first-order valence-electron chi connectivity index (χ1n) is 8.09. The Kier molecular flexibility index (Phi) is 7.22. The molecule has 0 aliphatic carbocycles. The molecule has 1 unspecified atom stereocenters. The summed E-state index contributed by atoms with van der Waals surface area (Å²) in [7, 11) is 0. The number of ether oxygens (including phenoxy) is 2. The van der Waals surface area contributed by atoms with Crippen LogP contribution in [0.4, 0.5) is 13.2 Å². The minimum Gasteiger partial charge on any atom is -0.452 e. The van der Waals surface area contributed by atoms with Crippen LogP contribution in [0.3, 0.4) is 0 Å². The van der Waals surface area contributed by atoms with Gasteiger partial charge in [0.15, 0.2) is 6.10 Å².